The van der Waals surface area contributed by atoms with Crippen molar-refractivity contribution in [2.24, 2.45) is 0 Å². The van der Waals surface area contributed by atoms with Crippen LogP contribution in [0.25, 0.3) is 0 Å². The molecule has 0 radical (unpaired) electrons. The van der Waals surface area contributed by atoms with E-state index in [0.717, 1.165) is 0 Å². The molecule has 0 heterocycles. The number of esters is 1. The summed E-state index contributed by atoms with van der Waals surface area (Å²) in [6, 6.07) is 4.93. The van der Waals surface area contributed by atoms with E-state index < -0.39 is 10.6 Å². The van der Waals surface area contributed by atoms with Crippen LogP contribution >= 0.6 is 15.9 Å². The van der Waals surface area contributed by atoms with E-state index in [4.69, 9.17) is 4.74 Å². The number of nitrogens with one attached hydrogen (secondary N) is 1. The zero-order valence-corrected chi connectivity index (χ0v) is 11.8. The van der Waals surface area contributed by atoms with Gasteiger partial charge >= 0.3 is 5.97 Å². The highest BCUT2D eigenvalue weighted by Crippen LogP contribution is 2.19. The Bertz CT molecular complexity index is 414. The Kier molecular flexibility index (Phi) is 6.07. The van der Waals surface area contributed by atoms with Crippen LogP contribution in [-0.2, 0) is 16.1 Å². The average molecular weight is 320 g/mol. The van der Waals surface area contributed by atoms with E-state index >= 15 is 0 Å². The van der Waals surface area contributed by atoms with Crippen molar-refractivity contribution in [3.63, 3.8) is 0 Å². The van der Waals surface area contributed by atoms with E-state index in [-0.39, 0.29) is 11.7 Å². The highest BCUT2D eigenvalue weighted by Gasteiger charge is 2.15. The summed E-state index contributed by atoms with van der Waals surface area (Å²) in [7, 11) is 2.74. The van der Waals surface area contributed by atoms with Crippen molar-refractivity contribution in [2.75, 3.05) is 20.8 Å². The molecule has 0 aliphatic carbocycles. The monoisotopic (exact) mass is 319 g/mol. The lowest BCUT2D eigenvalue weighted by Crippen LogP contribution is -2.29. The van der Waals surface area contributed by atoms with Gasteiger partial charge in [0.1, 0.15) is 4.83 Å². The first kappa shape index (κ1) is 14.9. The Labute approximate surface area is 114 Å². The van der Waals surface area contributed by atoms with Crippen LogP contribution < -0.4 is 10.1 Å². The molecule has 4 nitrogen and oxygen atoms in total. The second kappa shape index (κ2) is 7.33. The third-order valence-corrected chi connectivity index (χ3v) is 3.06. The molecule has 1 unspecified atom stereocenters. The molecule has 100 valence electrons. The molecule has 1 N–H and O–H groups in total. The van der Waals surface area contributed by atoms with Gasteiger partial charge in [0.05, 0.1) is 14.2 Å². The number of hydrogen-bond acceptors (Lipinski definition) is 4. The summed E-state index contributed by atoms with van der Waals surface area (Å²) in [6.45, 7) is 0.658. The van der Waals surface area contributed by atoms with Gasteiger partial charge in [0.15, 0.2) is 11.6 Å². The second-order valence-electron chi connectivity index (χ2n) is 3.55. The molecule has 1 atom stereocenters. The van der Waals surface area contributed by atoms with Crippen LogP contribution in [0.3, 0.4) is 0 Å². The van der Waals surface area contributed by atoms with E-state index in [2.05, 4.69) is 26.0 Å². The van der Waals surface area contributed by atoms with Crippen molar-refractivity contribution >= 4 is 21.9 Å². The summed E-state index contributed by atoms with van der Waals surface area (Å²) in [5, 5.41) is 2.97. The molecule has 0 bridgehead atoms. The molecule has 0 aliphatic heterocycles. The molecule has 1 aromatic carbocycles. The van der Waals surface area contributed by atoms with Crippen LogP contribution in [-0.4, -0.2) is 31.6 Å². The first-order valence-electron chi connectivity index (χ1n) is 5.34. The molecule has 0 saturated carbocycles. The van der Waals surface area contributed by atoms with E-state index in [0.29, 0.717) is 18.7 Å². The van der Waals surface area contributed by atoms with Gasteiger partial charge in [-0.15, -0.1) is 0 Å². The highest BCUT2D eigenvalue weighted by molar-refractivity contribution is 9.10. The first-order valence-corrected chi connectivity index (χ1v) is 6.25. The van der Waals surface area contributed by atoms with Gasteiger partial charge in [0.2, 0.25) is 0 Å². The Hall–Kier alpha value is -1.14. The lowest BCUT2D eigenvalue weighted by atomic mass is 10.2. The predicted molar refractivity (Wildman–Crippen MR) is 69.4 cm³/mol. The Morgan fingerprint density at radius 3 is 2.83 bits per heavy atom. The van der Waals surface area contributed by atoms with Gasteiger partial charge in [0.25, 0.3) is 0 Å². The van der Waals surface area contributed by atoms with Crippen LogP contribution in [0, 0.1) is 5.82 Å². The van der Waals surface area contributed by atoms with E-state index in [9.17, 15) is 9.18 Å². The van der Waals surface area contributed by atoms with Crippen molar-refractivity contribution < 1.29 is 18.7 Å². The number of carbonyl (C=O) groups excluding carboxylic acids is 1. The lowest BCUT2D eigenvalue weighted by molar-refractivity contribution is -0.139. The number of ether oxygens (including phenoxy) is 2. The summed E-state index contributed by atoms with van der Waals surface area (Å²) in [4.78, 5) is 10.7. The van der Waals surface area contributed by atoms with Crippen molar-refractivity contribution in [1.82, 2.24) is 5.32 Å². The molecule has 0 saturated heterocycles. The molecule has 0 spiro atoms. The van der Waals surface area contributed by atoms with Crippen LogP contribution in [0.5, 0.6) is 5.75 Å². The van der Waals surface area contributed by atoms with Crippen LogP contribution in [0.4, 0.5) is 4.39 Å². The van der Waals surface area contributed by atoms with Crippen molar-refractivity contribution in [1.29, 1.82) is 0 Å². The van der Waals surface area contributed by atoms with Crippen molar-refractivity contribution in [3.8, 4) is 5.75 Å². The van der Waals surface area contributed by atoms with Gasteiger partial charge in [-0.1, -0.05) is 28.1 Å². The SMILES string of the molecule is COC(=O)C(Br)CNCc1cccc(OC)c1F. The van der Waals surface area contributed by atoms with Crippen molar-refractivity contribution in [2.45, 2.75) is 11.4 Å². The van der Waals surface area contributed by atoms with E-state index in [1.165, 1.54) is 14.2 Å². The van der Waals surface area contributed by atoms with Crippen LogP contribution in [0.15, 0.2) is 18.2 Å². The molecule has 0 aliphatic rings. The zero-order chi connectivity index (χ0) is 13.5. The molecule has 6 heteroatoms. The second-order valence-corrected chi connectivity index (χ2v) is 4.66. The van der Waals surface area contributed by atoms with Gasteiger partial charge in [-0.3, -0.25) is 4.79 Å². The molecule has 0 amide bonds. The zero-order valence-electron chi connectivity index (χ0n) is 10.2. The fourth-order valence-corrected chi connectivity index (χ4v) is 1.81. The third-order valence-electron chi connectivity index (χ3n) is 2.36. The average Bonchev–Trinajstić information content (AvgIpc) is 2.39. The van der Waals surface area contributed by atoms with Crippen molar-refractivity contribution in [3.05, 3.63) is 29.6 Å². The fraction of sp³-hybridized carbons (Fsp3) is 0.417. The van der Waals surface area contributed by atoms with Gasteiger partial charge in [-0.05, 0) is 6.07 Å². The molecular weight excluding hydrogens is 305 g/mol. The fourth-order valence-electron chi connectivity index (χ4n) is 1.40. The Balaban J connectivity index is 2.52. The number of methoxy groups -OCH3 is 2. The standard InChI is InChI=1S/C12H15BrFNO3/c1-17-10-5-3-4-8(11(10)14)6-15-7-9(13)12(16)18-2/h3-5,9,15H,6-7H2,1-2H3. The number of halogens is 2. The van der Waals surface area contributed by atoms with Gasteiger partial charge in [-0.2, -0.15) is 0 Å². The summed E-state index contributed by atoms with van der Waals surface area (Å²) < 4.78 is 23.2. The quantitative estimate of drug-likeness (QED) is 0.642. The Morgan fingerprint density at radius 2 is 2.22 bits per heavy atom. The molecule has 0 fully saturated rings. The topological polar surface area (TPSA) is 47.6 Å². The molecule has 18 heavy (non-hydrogen) atoms. The predicted octanol–water partition coefficient (Wildman–Crippen LogP) is 1.86. The maximum absolute atomic E-state index is 13.8. The largest absolute Gasteiger partial charge is 0.494 e. The summed E-state index contributed by atoms with van der Waals surface area (Å²) >= 11 is 3.17. The van der Waals surface area contributed by atoms with E-state index in [1.807, 2.05) is 0 Å². The summed E-state index contributed by atoms with van der Waals surface area (Å²) in [6.07, 6.45) is 0. The molecule has 1 rings (SSSR count). The minimum atomic E-state index is -0.448. The third kappa shape index (κ3) is 3.96. The lowest BCUT2D eigenvalue weighted by Gasteiger charge is -2.11. The van der Waals surface area contributed by atoms with E-state index in [1.54, 1.807) is 18.2 Å². The molecule has 1 aromatic rings. The van der Waals surface area contributed by atoms with Crippen LogP contribution in [0.1, 0.15) is 5.56 Å². The normalized spacial score (nSPS) is 12.0. The Morgan fingerprint density at radius 1 is 1.50 bits per heavy atom. The number of rotatable bonds is 6. The minimum absolute atomic E-state index is 0.206. The number of hydrogen-bond donors (Lipinski definition) is 1. The van der Waals surface area contributed by atoms with Gasteiger partial charge in [0, 0.05) is 18.7 Å². The van der Waals surface area contributed by atoms with Gasteiger partial charge < -0.3 is 14.8 Å². The van der Waals surface area contributed by atoms with Gasteiger partial charge in [-0.25, -0.2) is 4.39 Å². The molecular formula is C12H15BrFNO3. The minimum Gasteiger partial charge on any atom is -0.494 e. The smallest absolute Gasteiger partial charge is 0.320 e. The highest BCUT2D eigenvalue weighted by atomic mass is 79.9. The number of carbonyl (C=O) groups is 1. The molecule has 0 aromatic heterocycles. The maximum atomic E-state index is 13.8. The number of alkyl halides is 1. The summed E-state index contributed by atoms with van der Waals surface area (Å²) in [5.74, 6) is -0.553. The number of benzene rings is 1. The first-order chi connectivity index (χ1) is 8.60. The maximum Gasteiger partial charge on any atom is 0.320 e. The van der Waals surface area contributed by atoms with Crippen LogP contribution in [0.2, 0.25) is 0 Å². The summed E-state index contributed by atoms with van der Waals surface area (Å²) in [5.41, 5.74) is 0.485.